The summed E-state index contributed by atoms with van der Waals surface area (Å²) in [5.41, 5.74) is 3.07. The van der Waals surface area contributed by atoms with Gasteiger partial charge in [0.05, 0.1) is 12.2 Å². The number of nitrogens with one attached hydrogen (secondary N) is 1. The smallest absolute Gasteiger partial charge is 0.253 e. The average Bonchev–Trinajstić information content (AvgIpc) is 2.77. The van der Waals surface area contributed by atoms with E-state index in [2.05, 4.69) is 10.3 Å². The second-order valence-corrected chi connectivity index (χ2v) is 8.40. The summed E-state index contributed by atoms with van der Waals surface area (Å²) in [6.45, 7) is 4.95. The van der Waals surface area contributed by atoms with Gasteiger partial charge in [0.15, 0.2) is 0 Å². The molecule has 9 nitrogen and oxygen atoms in total. The highest BCUT2D eigenvalue weighted by Gasteiger charge is 2.46. The Bertz CT molecular complexity index is 950. The van der Waals surface area contributed by atoms with E-state index in [0.717, 1.165) is 11.1 Å². The van der Waals surface area contributed by atoms with Crippen molar-refractivity contribution in [1.82, 2.24) is 10.3 Å². The number of hydrogen-bond donors (Lipinski definition) is 6. The number of pyridine rings is 1. The molecule has 1 aliphatic rings. The van der Waals surface area contributed by atoms with Gasteiger partial charge in [-0.2, -0.15) is 0 Å². The predicted octanol–water partition coefficient (Wildman–Crippen LogP) is 0.0710. The minimum absolute atomic E-state index is 0.00316. The molecule has 1 aromatic heterocycles. The van der Waals surface area contributed by atoms with Crippen LogP contribution < -0.4 is 5.32 Å². The number of amides is 1. The van der Waals surface area contributed by atoms with Crippen molar-refractivity contribution >= 4 is 5.91 Å². The fraction of sp³-hybridized carbons (Fsp3) is 0.478. The first-order valence-corrected chi connectivity index (χ1v) is 10.5. The van der Waals surface area contributed by atoms with Crippen LogP contribution >= 0.6 is 0 Å². The molecule has 32 heavy (non-hydrogen) atoms. The normalized spacial score (nSPS) is 26.7. The molecule has 1 saturated heterocycles. The first-order valence-electron chi connectivity index (χ1n) is 10.5. The Balaban J connectivity index is 1.85. The first-order chi connectivity index (χ1) is 15.1. The van der Waals surface area contributed by atoms with Gasteiger partial charge >= 0.3 is 0 Å². The van der Waals surface area contributed by atoms with Crippen molar-refractivity contribution < 1.29 is 35.1 Å². The van der Waals surface area contributed by atoms with Gasteiger partial charge < -0.3 is 35.6 Å². The molecule has 6 N–H and O–H groups in total. The second-order valence-electron chi connectivity index (χ2n) is 8.40. The average molecular weight is 447 g/mol. The third-order valence-electron chi connectivity index (χ3n) is 5.58. The molecule has 0 radical (unpaired) electrons. The van der Waals surface area contributed by atoms with E-state index in [0.29, 0.717) is 16.7 Å². The Morgan fingerprint density at radius 2 is 1.81 bits per heavy atom. The SMILES string of the molecule is Cc1cc(-c2cncc(C(=O)NC(C)C)c2)ccc1[C@@H](O)[C@H]1OC(CO)[C@@H](O)[C@H](O)C1O. The van der Waals surface area contributed by atoms with Gasteiger partial charge in [-0.05, 0) is 43.5 Å². The number of aryl methyl sites for hydroxylation is 1. The Labute approximate surface area is 186 Å². The lowest BCUT2D eigenvalue weighted by molar-refractivity contribution is -0.250. The largest absolute Gasteiger partial charge is 0.394 e. The molecular weight excluding hydrogens is 416 g/mol. The van der Waals surface area contributed by atoms with Gasteiger partial charge in [-0.25, -0.2) is 0 Å². The summed E-state index contributed by atoms with van der Waals surface area (Å²) >= 11 is 0. The van der Waals surface area contributed by atoms with Crippen LogP contribution in [0.1, 0.15) is 41.4 Å². The Morgan fingerprint density at radius 3 is 2.44 bits per heavy atom. The second kappa shape index (κ2) is 10.0. The van der Waals surface area contributed by atoms with Crippen molar-refractivity contribution in [3.63, 3.8) is 0 Å². The van der Waals surface area contributed by atoms with Gasteiger partial charge in [0, 0.05) is 24.0 Å². The highest BCUT2D eigenvalue weighted by Crippen LogP contribution is 2.33. The van der Waals surface area contributed by atoms with Crippen molar-refractivity contribution in [3.8, 4) is 11.1 Å². The molecule has 1 fully saturated rings. The Kier molecular flexibility index (Phi) is 7.60. The van der Waals surface area contributed by atoms with E-state index in [1.54, 1.807) is 31.3 Å². The molecule has 0 bridgehead atoms. The zero-order chi connectivity index (χ0) is 23.6. The molecule has 2 heterocycles. The molecule has 6 atom stereocenters. The van der Waals surface area contributed by atoms with Crippen molar-refractivity contribution in [3.05, 3.63) is 53.3 Å². The highest BCUT2D eigenvalue weighted by atomic mass is 16.6. The number of carbonyl (C=O) groups is 1. The van der Waals surface area contributed by atoms with Gasteiger partial charge in [-0.1, -0.05) is 18.2 Å². The van der Waals surface area contributed by atoms with Crippen LogP contribution in [-0.4, -0.2) is 79.6 Å². The molecule has 1 amide bonds. The van der Waals surface area contributed by atoms with Crippen LogP contribution in [0.5, 0.6) is 0 Å². The number of aromatic nitrogens is 1. The number of benzene rings is 1. The third kappa shape index (κ3) is 4.98. The van der Waals surface area contributed by atoms with Crippen LogP contribution in [0.2, 0.25) is 0 Å². The standard InChI is InChI=1S/C23H30N2O7/c1-11(2)25-23(31)15-7-14(8-24-9-15)13-4-5-16(12(3)6-13)18(27)22-21(30)20(29)19(28)17(10-26)32-22/h4-9,11,17-22,26-30H,10H2,1-3H3,(H,25,31)/t17?,18-,19-,20+,21?,22-/m1/s1. The quantitative estimate of drug-likeness (QED) is 0.365. The van der Waals surface area contributed by atoms with Crippen LogP contribution in [-0.2, 0) is 4.74 Å². The maximum absolute atomic E-state index is 12.3. The number of hydrogen-bond acceptors (Lipinski definition) is 8. The maximum atomic E-state index is 12.3. The fourth-order valence-corrected chi connectivity index (χ4v) is 3.82. The van der Waals surface area contributed by atoms with E-state index >= 15 is 0 Å². The van der Waals surface area contributed by atoms with Crippen LogP contribution in [0.15, 0.2) is 36.7 Å². The van der Waals surface area contributed by atoms with Gasteiger partial charge in [0.1, 0.15) is 36.6 Å². The Morgan fingerprint density at radius 1 is 1.09 bits per heavy atom. The zero-order valence-electron chi connectivity index (χ0n) is 18.2. The summed E-state index contributed by atoms with van der Waals surface area (Å²) < 4.78 is 5.48. The van der Waals surface area contributed by atoms with E-state index in [1.165, 1.54) is 6.20 Å². The van der Waals surface area contributed by atoms with Gasteiger partial charge in [0.2, 0.25) is 0 Å². The van der Waals surface area contributed by atoms with Gasteiger partial charge in [-0.15, -0.1) is 0 Å². The summed E-state index contributed by atoms with van der Waals surface area (Å²) in [6, 6.07) is 6.95. The van der Waals surface area contributed by atoms with Crippen molar-refractivity contribution in [2.45, 2.75) is 63.4 Å². The summed E-state index contributed by atoms with van der Waals surface area (Å²) in [7, 11) is 0. The van der Waals surface area contributed by atoms with Crippen LogP contribution in [0, 0.1) is 6.92 Å². The summed E-state index contributed by atoms with van der Waals surface area (Å²) in [6.07, 6.45) is -5.11. The van der Waals surface area contributed by atoms with Gasteiger partial charge in [-0.3, -0.25) is 9.78 Å². The van der Waals surface area contributed by atoms with Crippen LogP contribution in [0.3, 0.4) is 0 Å². The van der Waals surface area contributed by atoms with Crippen molar-refractivity contribution in [1.29, 1.82) is 0 Å². The monoisotopic (exact) mass is 446 g/mol. The molecule has 2 aromatic rings. The van der Waals surface area contributed by atoms with E-state index in [1.807, 2.05) is 19.9 Å². The fourth-order valence-electron chi connectivity index (χ4n) is 3.82. The van der Waals surface area contributed by atoms with Crippen LogP contribution in [0.4, 0.5) is 0 Å². The molecule has 1 aromatic carbocycles. The lowest BCUT2D eigenvalue weighted by Crippen LogP contribution is -2.59. The molecule has 0 aliphatic carbocycles. The van der Waals surface area contributed by atoms with E-state index in [-0.39, 0.29) is 11.9 Å². The molecule has 9 heteroatoms. The summed E-state index contributed by atoms with van der Waals surface area (Å²) in [5.74, 6) is -0.222. The van der Waals surface area contributed by atoms with E-state index in [9.17, 15) is 30.3 Å². The molecule has 3 rings (SSSR count). The molecular formula is C23H30N2O7. The molecule has 1 aliphatic heterocycles. The number of aliphatic hydroxyl groups is 5. The topological polar surface area (TPSA) is 152 Å². The zero-order valence-corrected chi connectivity index (χ0v) is 18.2. The van der Waals surface area contributed by atoms with Gasteiger partial charge in [0.25, 0.3) is 5.91 Å². The lowest BCUT2D eigenvalue weighted by Gasteiger charge is -2.42. The Hall–Kier alpha value is -2.40. The van der Waals surface area contributed by atoms with Crippen molar-refractivity contribution in [2.24, 2.45) is 0 Å². The number of nitrogens with zero attached hydrogens (tertiary/aromatic N) is 1. The number of aliphatic hydroxyl groups excluding tert-OH is 5. The maximum Gasteiger partial charge on any atom is 0.253 e. The molecule has 2 unspecified atom stereocenters. The lowest BCUT2D eigenvalue weighted by atomic mass is 9.88. The molecule has 174 valence electrons. The summed E-state index contributed by atoms with van der Waals surface area (Å²) in [5, 5.41) is 53.3. The molecule has 0 spiro atoms. The van der Waals surface area contributed by atoms with Crippen molar-refractivity contribution in [2.75, 3.05) is 6.61 Å². The number of carbonyl (C=O) groups excluding carboxylic acids is 1. The minimum Gasteiger partial charge on any atom is -0.394 e. The molecule has 0 saturated carbocycles. The van der Waals surface area contributed by atoms with E-state index in [4.69, 9.17) is 4.74 Å². The van der Waals surface area contributed by atoms with E-state index < -0.39 is 43.2 Å². The first kappa shape index (κ1) is 24.2. The highest BCUT2D eigenvalue weighted by molar-refractivity contribution is 5.95. The third-order valence-corrected chi connectivity index (χ3v) is 5.58. The number of ether oxygens (including phenoxy) is 1. The summed E-state index contributed by atoms with van der Waals surface area (Å²) in [4.78, 5) is 16.4. The predicted molar refractivity (Wildman–Crippen MR) is 116 cm³/mol. The van der Waals surface area contributed by atoms with Crippen LogP contribution in [0.25, 0.3) is 11.1 Å². The minimum atomic E-state index is -1.56. The number of rotatable bonds is 6.